The number of ether oxygens (including phenoxy) is 1. The van der Waals surface area contributed by atoms with E-state index in [-0.39, 0.29) is 10.8 Å². The van der Waals surface area contributed by atoms with Crippen LogP contribution >= 0.6 is 0 Å². The minimum Gasteiger partial charge on any atom is -0.494 e. The minimum atomic E-state index is 0.111. The highest BCUT2D eigenvalue weighted by atomic mass is 16.5. The molecule has 40 heavy (non-hydrogen) atoms. The van der Waals surface area contributed by atoms with Gasteiger partial charge in [0.2, 0.25) is 0 Å². The number of nitrogens with zero attached hydrogens (tertiary/aromatic N) is 2. The van der Waals surface area contributed by atoms with Gasteiger partial charge in [-0.05, 0) is 77.3 Å². The van der Waals surface area contributed by atoms with E-state index in [0.29, 0.717) is 0 Å². The van der Waals surface area contributed by atoms with Crippen LogP contribution in [0.15, 0.2) is 79.9 Å². The van der Waals surface area contributed by atoms with Gasteiger partial charge < -0.3 is 4.74 Å². The van der Waals surface area contributed by atoms with Crippen LogP contribution in [0.1, 0.15) is 104 Å². The Morgan fingerprint density at radius 2 is 1.07 bits per heavy atom. The van der Waals surface area contributed by atoms with E-state index in [1.54, 1.807) is 0 Å². The second kappa shape index (κ2) is 15.2. The van der Waals surface area contributed by atoms with E-state index in [1.807, 2.05) is 6.08 Å². The number of rotatable bonds is 15. The van der Waals surface area contributed by atoms with E-state index < -0.39 is 0 Å². The Hall–Kier alpha value is -2.94. The van der Waals surface area contributed by atoms with Gasteiger partial charge in [-0.25, -0.2) is 9.13 Å². The van der Waals surface area contributed by atoms with Crippen LogP contribution in [0.3, 0.4) is 0 Å². The van der Waals surface area contributed by atoms with Gasteiger partial charge >= 0.3 is 0 Å². The number of unbranched alkanes of at least 4 members (excludes halogenated alkanes) is 6. The maximum Gasteiger partial charge on any atom is 0.169 e. The Balaban J connectivity index is 1.39. The van der Waals surface area contributed by atoms with Gasteiger partial charge in [0.1, 0.15) is 18.8 Å². The van der Waals surface area contributed by atoms with Gasteiger partial charge in [0.25, 0.3) is 0 Å². The molecule has 0 saturated heterocycles. The van der Waals surface area contributed by atoms with Crippen LogP contribution in [0.25, 0.3) is 11.1 Å². The molecule has 0 unspecified atom stereocenters. The third kappa shape index (κ3) is 10.6. The monoisotopic (exact) mass is 542 g/mol. The van der Waals surface area contributed by atoms with Gasteiger partial charge in [-0.2, -0.15) is 0 Å². The van der Waals surface area contributed by atoms with E-state index >= 15 is 0 Å². The molecule has 3 heteroatoms. The van der Waals surface area contributed by atoms with Gasteiger partial charge in [-0.15, -0.1) is 6.58 Å². The standard InChI is InChI=1S/C37H54N2O/c1-8-9-10-11-12-14-21-38-23-17-31(18-24-38)32-19-25-39(26-20-32)22-15-13-16-27-40-35-29-33(36(2,3)4)28-34(30-35)37(5,6)7/h8,17-20,23-26,28-30H,1,9-16,21-22,27H2,2-7H3/q+2. The van der Waals surface area contributed by atoms with Gasteiger partial charge in [-0.1, -0.05) is 60.1 Å². The molecule has 0 bridgehead atoms. The minimum absolute atomic E-state index is 0.111. The summed E-state index contributed by atoms with van der Waals surface area (Å²) in [6, 6.07) is 15.7. The van der Waals surface area contributed by atoms with Crippen LogP contribution in [0.4, 0.5) is 0 Å². The van der Waals surface area contributed by atoms with Crippen molar-refractivity contribution in [3.63, 3.8) is 0 Å². The van der Waals surface area contributed by atoms with E-state index in [9.17, 15) is 0 Å². The molecule has 0 N–H and O–H groups in total. The first-order valence-corrected chi connectivity index (χ1v) is 15.4. The quantitative estimate of drug-likeness (QED) is 0.106. The summed E-state index contributed by atoms with van der Waals surface area (Å²) in [6.07, 6.45) is 20.5. The van der Waals surface area contributed by atoms with Crippen LogP contribution in [0.2, 0.25) is 0 Å². The Bertz CT molecular complexity index is 1130. The highest BCUT2D eigenvalue weighted by Gasteiger charge is 2.21. The number of hydrogen-bond donors (Lipinski definition) is 0. The molecule has 2 aromatic heterocycles. The fraction of sp³-hybridized carbons (Fsp3) is 0.514. The molecule has 3 aromatic rings. The van der Waals surface area contributed by atoms with Crippen molar-refractivity contribution in [1.29, 1.82) is 0 Å². The average Bonchev–Trinajstić information content (AvgIpc) is 2.92. The number of aromatic nitrogens is 2. The Morgan fingerprint density at radius 3 is 1.52 bits per heavy atom. The Kier molecular flexibility index (Phi) is 12.0. The summed E-state index contributed by atoms with van der Waals surface area (Å²) in [6.45, 7) is 20.3. The number of pyridine rings is 2. The zero-order chi connectivity index (χ0) is 29.0. The first kappa shape index (κ1) is 31.6. The topological polar surface area (TPSA) is 17.0 Å². The van der Waals surface area contributed by atoms with Crippen molar-refractivity contribution < 1.29 is 13.9 Å². The average molecular weight is 543 g/mol. The third-order valence-corrected chi connectivity index (χ3v) is 7.66. The first-order valence-electron chi connectivity index (χ1n) is 15.4. The van der Waals surface area contributed by atoms with Crippen molar-refractivity contribution in [3.05, 3.63) is 91.0 Å². The zero-order valence-corrected chi connectivity index (χ0v) is 26.2. The second-order valence-electron chi connectivity index (χ2n) is 13.3. The van der Waals surface area contributed by atoms with Gasteiger partial charge in [0.05, 0.1) is 6.61 Å². The lowest BCUT2D eigenvalue weighted by Gasteiger charge is -2.26. The SMILES string of the molecule is C=CCCCCCC[n+]1ccc(-c2cc[n+](CCCCCOc3cc(C(C)(C)C)cc(C(C)(C)C)c3)cc2)cc1. The molecule has 0 spiro atoms. The highest BCUT2D eigenvalue weighted by Crippen LogP contribution is 2.33. The summed E-state index contributed by atoms with van der Waals surface area (Å²) in [7, 11) is 0. The maximum absolute atomic E-state index is 6.23. The van der Waals surface area contributed by atoms with Gasteiger partial charge in [0, 0.05) is 37.1 Å². The number of aryl methyl sites for hydroxylation is 2. The summed E-state index contributed by atoms with van der Waals surface area (Å²) in [5, 5.41) is 0. The summed E-state index contributed by atoms with van der Waals surface area (Å²) >= 11 is 0. The van der Waals surface area contributed by atoms with Crippen molar-refractivity contribution in [2.24, 2.45) is 0 Å². The third-order valence-electron chi connectivity index (χ3n) is 7.66. The van der Waals surface area contributed by atoms with Crippen molar-refractivity contribution in [1.82, 2.24) is 0 Å². The maximum atomic E-state index is 6.23. The van der Waals surface area contributed by atoms with Gasteiger partial charge in [0.15, 0.2) is 24.8 Å². The van der Waals surface area contributed by atoms with E-state index in [0.717, 1.165) is 51.1 Å². The fourth-order valence-corrected chi connectivity index (χ4v) is 4.85. The molecule has 2 heterocycles. The largest absolute Gasteiger partial charge is 0.494 e. The van der Waals surface area contributed by atoms with Crippen LogP contribution < -0.4 is 13.9 Å². The Morgan fingerprint density at radius 1 is 0.625 bits per heavy atom. The molecule has 0 saturated carbocycles. The zero-order valence-electron chi connectivity index (χ0n) is 26.2. The van der Waals surface area contributed by atoms with E-state index in [4.69, 9.17) is 4.74 Å². The van der Waals surface area contributed by atoms with Crippen molar-refractivity contribution in [2.75, 3.05) is 6.61 Å². The van der Waals surface area contributed by atoms with Crippen LogP contribution in [-0.2, 0) is 23.9 Å². The highest BCUT2D eigenvalue weighted by molar-refractivity contribution is 5.60. The molecular formula is C37H54N2O+2. The number of allylic oxidation sites excluding steroid dienone is 1. The number of hydrogen-bond acceptors (Lipinski definition) is 1. The molecule has 0 aliphatic carbocycles. The van der Waals surface area contributed by atoms with E-state index in [1.165, 1.54) is 47.9 Å². The summed E-state index contributed by atoms with van der Waals surface area (Å²) in [5.41, 5.74) is 5.45. The molecule has 216 valence electrons. The molecule has 0 fully saturated rings. The predicted molar refractivity (Wildman–Crippen MR) is 169 cm³/mol. The molecule has 3 rings (SSSR count). The Labute approximate surface area is 244 Å². The molecular weight excluding hydrogens is 488 g/mol. The van der Waals surface area contributed by atoms with Crippen molar-refractivity contribution in [3.8, 4) is 16.9 Å². The molecule has 0 aliphatic rings. The summed E-state index contributed by atoms with van der Waals surface area (Å²) < 4.78 is 10.8. The molecule has 0 radical (unpaired) electrons. The molecule has 0 aliphatic heterocycles. The van der Waals surface area contributed by atoms with Crippen LogP contribution in [0.5, 0.6) is 5.75 Å². The lowest BCUT2D eigenvalue weighted by atomic mass is 9.80. The van der Waals surface area contributed by atoms with E-state index in [2.05, 4.69) is 125 Å². The fourth-order valence-electron chi connectivity index (χ4n) is 4.85. The first-order chi connectivity index (χ1) is 19.1. The lowest BCUT2D eigenvalue weighted by Crippen LogP contribution is -2.33. The predicted octanol–water partition coefficient (Wildman–Crippen LogP) is 8.91. The van der Waals surface area contributed by atoms with Crippen LogP contribution in [0, 0.1) is 0 Å². The summed E-state index contributed by atoms with van der Waals surface area (Å²) in [5.74, 6) is 1.01. The summed E-state index contributed by atoms with van der Waals surface area (Å²) in [4.78, 5) is 0. The van der Waals surface area contributed by atoms with Crippen LogP contribution in [-0.4, -0.2) is 6.61 Å². The normalized spacial score (nSPS) is 11.9. The smallest absolute Gasteiger partial charge is 0.169 e. The molecule has 0 amide bonds. The van der Waals surface area contributed by atoms with Gasteiger partial charge in [-0.3, -0.25) is 0 Å². The second-order valence-corrected chi connectivity index (χ2v) is 13.3. The van der Waals surface area contributed by atoms with Crippen molar-refractivity contribution in [2.45, 2.75) is 117 Å². The lowest BCUT2D eigenvalue weighted by molar-refractivity contribution is -0.697. The molecule has 3 nitrogen and oxygen atoms in total. The number of benzene rings is 1. The van der Waals surface area contributed by atoms with Crippen molar-refractivity contribution >= 4 is 0 Å². The molecule has 1 aromatic carbocycles. The molecule has 0 atom stereocenters.